The number of halogens is 2. The van der Waals surface area contributed by atoms with Gasteiger partial charge in [-0.2, -0.15) is 6.08 Å². The molecule has 3 heteroatoms. The van der Waals surface area contributed by atoms with E-state index in [0.29, 0.717) is 5.92 Å². The number of hydrogen-bond acceptors (Lipinski definition) is 0. The van der Waals surface area contributed by atoms with Crippen LogP contribution < -0.4 is 24.8 Å². The molecule has 2 saturated carbocycles. The summed E-state index contributed by atoms with van der Waals surface area (Å²) in [5, 5.41) is 0. The van der Waals surface area contributed by atoms with Gasteiger partial charge in [0.25, 0.3) is 0 Å². The van der Waals surface area contributed by atoms with E-state index >= 15 is 0 Å². The van der Waals surface area contributed by atoms with Gasteiger partial charge in [-0.25, -0.2) is 12.2 Å². The van der Waals surface area contributed by atoms with Crippen molar-refractivity contribution >= 4 is 3.26 Å². The molecule has 0 radical (unpaired) electrons. The van der Waals surface area contributed by atoms with E-state index in [1.165, 1.54) is 40.6 Å². The van der Waals surface area contributed by atoms with Crippen molar-refractivity contribution < 1.29 is 48.7 Å². The fourth-order valence-corrected chi connectivity index (χ4v) is 12.8. The third-order valence-electron chi connectivity index (χ3n) is 15.1. The first kappa shape index (κ1) is 42.4. The van der Waals surface area contributed by atoms with Gasteiger partial charge in [0.15, 0.2) is 0 Å². The Morgan fingerprint density at radius 1 is 0.673 bits per heavy atom. The summed E-state index contributed by atoms with van der Waals surface area (Å²) in [6, 6.07) is 21.5. The van der Waals surface area contributed by atoms with Crippen molar-refractivity contribution in [2.45, 2.75) is 74.7 Å². The van der Waals surface area contributed by atoms with Crippen molar-refractivity contribution in [1.82, 2.24) is 0 Å². The summed E-state index contributed by atoms with van der Waals surface area (Å²) in [4.78, 5) is 0. The zero-order valence-electron chi connectivity index (χ0n) is 32.4. The molecule has 0 spiro atoms. The first-order chi connectivity index (χ1) is 23.7. The maximum atomic E-state index is 2.99. The molecule has 8 atom stereocenters. The van der Waals surface area contributed by atoms with Gasteiger partial charge in [0.05, 0.1) is 0 Å². The SMILES string of the molecule is CC1=CC=CC2[CH-]C3(C)C4(C)C=CC=CC4(C)C4(C)C=CC=CC4(C)C3(C)C12C.[C-]1=CC=CC1.[Cl-].[Cl-].[Hf+2]=[C](Cc1ccccc1)Cc1ccccc1. The first-order valence-electron chi connectivity index (χ1n) is 18.6. The molecular weight excluding hydrogens is 838 g/mol. The fraction of sp³-hybridized carbons (Fsp3) is 0.388. The van der Waals surface area contributed by atoms with Crippen molar-refractivity contribution in [2.24, 2.45) is 43.8 Å². The van der Waals surface area contributed by atoms with Crippen LogP contribution in [0.25, 0.3) is 0 Å². The molecule has 0 saturated heterocycles. The molecule has 0 N–H and O–H groups in total. The van der Waals surface area contributed by atoms with Crippen LogP contribution in [0.5, 0.6) is 0 Å². The van der Waals surface area contributed by atoms with Crippen molar-refractivity contribution in [3.8, 4) is 0 Å². The Balaban J connectivity index is 0.000000221. The van der Waals surface area contributed by atoms with Gasteiger partial charge in [0, 0.05) is 10.8 Å². The molecule has 272 valence electrons. The third kappa shape index (κ3) is 6.08. The second kappa shape index (κ2) is 15.8. The summed E-state index contributed by atoms with van der Waals surface area (Å²) in [5.41, 5.74) is 4.60. The molecule has 0 aromatic heterocycles. The third-order valence-corrected chi connectivity index (χ3v) is 16.4. The van der Waals surface area contributed by atoms with Gasteiger partial charge < -0.3 is 31.2 Å². The van der Waals surface area contributed by atoms with Crippen molar-refractivity contribution in [1.29, 1.82) is 0 Å². The van der Waals surface area contributed by atoms with Gasteiger partial charge in [-0.3, -0.25) is 6.08 Å². The second-order valence-electron chi connectivity index (χ2n) is 16.6. The van der Waals surface area contributed by atoms with Gasteiger partial charge in [-0.05, 0) is 28.6 Å². The number of rotatable bonds is 4. The van der Waals surface area contributed by atoms with E-state index in [1.54, 1.807) is 3.26 Å². The Morgan fingerprint density at radius 2 is 1.15 bits per heavy atom. The van der Waals surface area contributed by atoms with Gasteiger partial charge in [-0.1, -0.05) is 115 Å². The average molecular weight is 894 g/mol. The van der Waals surface area contributed by atoms with Gasteiger partial charge in [0.1, 0.15) is 0 Å². The average Bonchev–Trinajstić information content (AvgIpc) is 3.75. The zero-order valence-corrected chi connectivity index (χ0v) is 37.5. The summed E-state index contributed by atoms with van der Waals surface area (Å²) in [5.74, 6) is 0.460. The van der Waals surface area contributed by atoms with Crippen molar-refractivity contribution in [3.05, 3.63) is 175 Å². The molecular formula is C49H56Cl2Hf-2. The van der Waals surface area contributed by atoms with Gasteiger partial charge in [0.2, 0.25) is 0 Å². The monoisotopic (exact) mass is 894 g/mol. The molecule has 2 fully saturated rings. The quantitative estimate of drug-likeness (QED) is 0.256. The summed E-state index contributed by atoms with van der Waals surface area (Å²) in [7, 11) is 0. The Morgan fingerprint density at radius 3 is 1.62 bits per heavy atom. The topological polar surface area (TPSA) is 0 Å². The standard InChI is InChI=1S/C29H37.C15H14.C5H5.2ClH.Hf/c1-21-14-13-15-22-20-27(6)25(4)18-10-9-16-23(25,2)24(3)17-11-12-19-26(24,5)29(27,8)28(21,22)7;1-3-8-14(9-4-1)12-7-13-15-10-5-2-6-11-15;1-2-4-5-3-1;;;/h9-20,22H,1-8H3;1-6,8-11H,12-13H2;1-3H,4H2;2*1H;/q-1;;-1;;;+2/p-2. The van der Waals surface area contributed by atoms with Crippen LogP contribution in [0.1, 0.15) is 72.9 Å². The number of allylic oxidation sites excluding steroid dienone is 16. The van der Waals surface area contributed by atoms with E-state index in [1.807, 2.05) is 12.2 Å². The molecule has 8 rings (SSSR count). The molecule has 6 aliphatic carbocycles. The summed E-state index contributed by atoms with van der Waals surface area (Å²) >= 11 is 1.18. The first-order valence-corrected chi connectivity index (χ1v) is 20.4. The molecule has 8 unspecified atom stereocenters. The Bertz CT molecular complexity index is 1790. The number of hydrogen-bond donors (Lipinski definition) is 0. The molecule has 0 aliphatic heterocycles. The molecule has 0 heterocycles. The van der Waals surface area contributed by atoms with E-state index in [-0.39, 0.29) is 62.7 Å². The van der Waals surface area contributed by atoms with Crippen molar-refractivity contribution in [2.75, 3.05) is 0 Å². The van der Waals surface area contributed by atoms with Gasteiger partial charge in [-0.15, -0.1) is 23.8 Å². The molecule has 0 nitrogen and oxygen atoms in total. The van der Waals surface area contributed by atoms with Crippen LogP contribution >= 0.6 is 0 Å². The summed E-state index contributed by atoms with van der Waals surface area (Å²) < 4.78 is 1.65. The molecule has 0 bridgehead atoms. The number of fused-ring (bicyclic) bond motifs is 8. The predicted octanol–water partition coefficient (Wildman–Crippen LogP) is 6.15. The summed E-state index contributed by atoms with van der Waals surface area (Å²) in [6.45, 7) is 20.3. The van der Waals surface area contributed by atoms with Crippen LogP contribution in [0.4, 0.5) is 0 Å². The fourth-order valence-electron chi connectivity index (χ4n) is 11.3. The minimum atomic E-state index is 0. The summed E-state index contributed by atoms with van der Waals surface area (Å²) in [6.07, 6.45) is 41.5. The number of benzene rings is 2. The van der Waals surface area contributed by atoms with Gasteiger partial charge >= 0.3 is 112 Å². The normalized spacial score (nSPS) is 37.7. The van der Waals surface area contributed by atoms with Crippen LogP contribution in [0.3, 0.4) is 0 Å². The Labute approximate surface area is 343 Å². The van der Waals surface area contributed by atoms with E-state index < -0.39 is 0 Å². The van der Waals surface area contributed by atoms with Crippen LogP contribution in [0, 0.1) is 56.3 Å². The molecule has 0 amide bonds. The van der Waals surface area contributed by atoms with E-state index in [0.717, 1.165) is 19.3 Å². The Kier molecular flexibility index (Phi) is 12.9. The second-order valence-corrected chi connectivity index (χ2v) is 19.2. The van der Waals surface area contributed by atoms with E-state index in [9.17, 15) is 0 Å². The molecule has 2 aromatic rings. The molecule has 6 aliphatic rings. The van der Waals surface area contributed by atoms with Crippen LogP contribution in [0.15, 0.2) is 151 Å². The molecule has 52 heavy (non-hydrogen) atoms. The van der Waals surface area contributed by atoms with Crippen LogP contribution in [-0.2, 0) is 36.7 Å². The zero-order chi connectivity index (χ0) is 35.9. The maximum absolute atomic E-state index is 2.99. The minimum absolute atomic E-state index is 0. The van der Waals surface area contributed by atoms with Crippen molar-refractivity contribution in [3.63, 3.8) is 0 Å². The predicted molar refractivity (Wildman–Crippen MR) is 211 cm³/mol. The van der Waals surface area contributed by atoms with Crippen LogP contribution in [0.2, 0.25) is 0 Å². The molecule has 2 aromatic carbocycles. The van der Waals surface area contributed by atoms with Crippen LogP contribution in [-0.4, -0.2) is 3.26 Å². The van der Waals surface area contributed by atoms with E-state index in [2.05, 4.69) is 201 Å². The van der Waals surface area contributed by atoms with E-state index in [4.69, 9.17) is 0 Å². The Hall–Kier alpha value is -2.32.